The summed E-state index contributed by atoms with van der Waals surface area (Å²) in [6, 6.07) is -0.0908. The van der Waals surface area contributed by atoms with E-state index in [1.54, 1.807) is 0 Å². The average Bonchev–Trinajstić information content (AvgIpc) is 2.43. The van der Waals surface area contributed by atoms with E-state index in [1.165, 1.54) is 0 Å². The van der Waals surface area contributed by atoms with Crippen molar-refractivity contribution >= 4 is 5.97 Å². The molecule has 0 aromatic rings. The Hall–Kier alpha value is -0.640. The molecule has 2 rings (SSSR count). The molecule has 2 N–H and O–H groups in total. The summed E-state index contributed by atoms with van der Waals surface area (Å²) in [6.45, 7) is 0. The van der Waals surface area contributed by atoms with Gasteiger partial charge < -0.3 is 10.4 Å². The first kappa shape index (κ1) is 7.98. The molecule has 0 spiro atoms. The number of piperidine rings is 1. The van der Waals surface area contributed by atoms with Crippen LogP contribution in [0, 0.1) is 0 Å². The summed E-state index contributed by atoms with van der Waals surface area (Å²) in [6.07, 6.45) is 2.40. The van der Waals surface area contributed by atoms with Crippen molar-refractivity contribution in [3.8, 4) is 0 Å². The second-order valence-corrected chi connectivity index (χ2v) is 3.70. The van der Waals surface area contributed by atoms with Crippen molar-refractivity contribution in [3.05, 3.63) is 0 Å². The quantitative estimate of drug-likeness (QED) is 0.613. The highest BCUT2D eigenvalue weighted by molar-refractivity contribution is 5.78. The van der Waals surface area contributed by atoms with E-state index in [2.05, 4.69) is 5.32 Å². The molecule has 0 aromatic heterocycles. The highest BCUT2D eigenvalue weighted by Gasteiger charge is 2.52. The second kappa shape index (κ2) is 2.42. The standard InChI is InChI=1S/C8H12FNO2/c9-8(7(11)12)4-3-5-1-2-6(8)10-5/h5-6,10H,1-4H2,(H,11,12). The molecule has 3 unspecified atom stereocenters. The third-order valence-electron chi connectivity index (χ3n) is 3.01. The van der Waals surface area contributed by atoms with Crippen LogP contribution < -0.4 is 5.32 Å². The summed E-state index contributed by atoms with van der Waals surface area (Å²) in [5, 5.41) is 11.7. The summed E-state index contributed by atoms with van der Waals surface area (Å²) in [5.41, 5.74) is -2.01. The van der Waals surface area contributed by atoms with Crippen LogP contribution in [0.5, 0.6) is 0 Å². The first-order valence-corrected chi connectivity index (χ1v) is 4.31. The number of hydrogen-bond acceptors (Lipinski definition) is 2. The summed E-state index contributed by atoms with van der Waals surface area (Å²) < 4.78 is 13.7. The Labute approximate surface area is 70.0 Å². The predicted octanol–water partition coefficient (Wildman–Crippen LogP) is 0.694. The third-order valence-corrected chi connectivity index (χ3v) is 3.01. The van der Waals surface area contributed by atoms with Gasteiger partial charge in [-0.3, -0.25) is 0 Å². The summed E-state index contributed by atoms with van der Waals surface area (Å²) in [4.78, 5) is 10.6. The van der Waals surface area contributed by atoms with Crippen LogP contribution in [0.15, 0.2) is 0 Å². The van der Waals surface area contributed by atoms with Crippen LogP contribution in [0.3, 0.4) is 0 Å². The summed E-state index contributed by atoms with van der Waals surface area (Å²) >= 11 is 0. The van der Waals surface area contributed by atoms with Gasteiger partial charge in [-0.25, -0.2) is 9.18 Å². The Morgan fingerprint density at radius 2 is 2.25 bits per heavy atom. The lowest BCUT2D eigenvalue weighted by atomic mass is 9.89. The van der Waals surface area contributed by atoms with E-state index in [1.807, 2.05) is 0 Å². The van der Waals surface area contributed by atoms with Crippen LogP contribution in [0.4, 0.5) is 4.39 Å². The van der Waals surface area contributed by atoms with Crippen molar-refractivity contribution in [3.63, 3.8) is 0 Å². The fourth-order valence-corrected chi connectivity index (χ4v) is 2.22. The third kappa shape index (κ3) is 0.941. The van der Waals surface area contributed by atoms with Gasteiger partial charge in [0.1, 0.15) is 0 Å². The minimum atomic E-state index is -2.01. The van der Waals surface area contributed by atoms with Gasteiger partial charge >= 0.3 is 5.97 Å². The van der Waals surface area contributed by atoms with E-state index in [-0.39, 0.29) is 6.42 Å². The maximum atomic E-state index is 13.7. The van der Waals surface area contributed by atoms with Crippen molar-refractivity contribution in [2.24, 2.45) is 0 Å². The normalized spacial score (nSPS) is 46.1. The van der Waals surface area contributed by atoms with E-state index >= 15 is 0 Å². The number of carbonyl (C=O) groups is 1. The number of rotatable bonds is 1. The second-order valence-electron chi connectivity index (χ2n) is 3.70. The number of alkyl halides is 1. The number of halogens is 1. The monoisotopic (exact) mass is 173 g/mol. The first-order valence-electron chi connectivity index (χ1n) is 4.31. The molecule has 2 saturated heterocycles. The van der Waals surface area contributed by atoms with Gasteiger partial charge in [0.2, 0.25) is 5.67 Å². The van der Waals surface area contributed by atoms with Crippen LogP contribution in [0.1, 0.15) is 25.7 Å². The summed E-state index contributed by atoms with van der Waals surface area (Å²) in [7, 11) is 0. The number of hydrogen-bond donors (Lipinski definition) is 2. The van der Waals surface area contributed by atoms with Gasteiger partial charge in [-0.05, 0) is 25.7 Å². The Morgan fingerprint density at radius 3 is 2.92 bits per heavy atom. The largest absolute Gasteiger partial charge is 0.479 e. The van der Waals surface area contributed by atoms with E-state index in [9.17, 15) is 9.18 Å². The molecule has 3 atom stereocenters. The Morgan fingerprint density at radius 1 is 1.50 bits per heavy atom. The molecule has 2 bridgehead atoms. The SMILES string of the molecule is O=C(O)C1(F)CCC2CCC1N2. The molecule has 2 aliphatic heterocycles. The smallest absolute Gasteiger partial charge is 0.343 e. The molecule has 2 aliphatic rings. The molecule has 2 fully saturated rings. The maximum Gasteiger partial charge on any atom is 0.343 e. The number of carboxylic acid groups (broad SMARTS) is 1. The molecule has 0 radical (unpaired) electrons. The molecule has 4 heteroatoms. The molecule has 12 heavy (non-hydrogen) atoms. The van der Waals surface area contributed by atoms with Crippen molar-refractivity contribution < 1.29 is 14.3 Å². The molecule has 68 valence electrons. The molecule has 3 nitrogen and oxygen atoms in total. The minimum absolute atomic E-state index is 0.171. The number of fused-ring (bicyclic) bond motifs is 2. The highest BCUT2D eigenvalue weighted by Crippen LogP contribution is 2.37. The average molecular weight is 173 g/mol. The van der Waals surface area contributed by atoms with Crippen LogP contribution in [-0.4, -0.2) is 28.8 Å². The zero-order valence-corrected chi connectivity index (χ0v) is 6.72. The van der Waals surface area contributed by atoms with Gasteiger partial charge in [0.05, 0.1) is 6.04 Å². The zero-order valence-electron chi connectivity index (χ0n) is 6.72. The molecular formula is C8H12FNO2. The molecule has 0 amide bonds. The predicted molar refractivity (Wildman–Crippen MR) is 40.7 cm³/mol. The van der Waals surface area contributed by atoms with Gasteiger partial charge in [-0.15, -0.1) is 0 Å². The van der Waals surface area contributed by atoms with E-state index in [4.69, 9.17) is 5.11 Å². The first-order chi connectivity index (χ1) is 5.63. The van der Waals surface area contributed by atoms with E-state index in [0.29, 0.717) is 18.9 Å². The van der Waals surface area contributed by atoms with Crippen molar-refractivity contribution in [2.75, 3.05) is 0 Å². The number of aliphatic carboxylic acids is 1. The van der Waals surface area contributed by atoms with Gasteiger partial charge in [0.25, 0.3) is 0 Å². The van der Waals surface area contributed by atoms with Gasteiger partial charge in [0.15, 0.2) is 0 Å². The number of nitrogens with one attached hydrogen (secondary N) is 1. The van der Waals surface area contributed by atoms with E-state index in [0.717, 1.165) is 6.42 Å². The Kier molecular flexibility index (Phi) is 1.61. The van der Waals surface area contributed by atoms with Crippen molar-refractivity contribution in [2.45, 2.75) is 43.4 Å². The van der Waals surface area contributed by atoms with Crippen LogP contribution in [0.25, 0.3) is 0 Å². The Balaban J connectivity index is 2.21. The molecule has 0 saturated carbocycles. The topological polar surface area (TPSA) is 49.3 Å². The fraction of sp³-hybridized carbons (Fsp3) is 0.875. The highest BCUT2D eigenvalue weighted by atomic mass is 19.1. The lowest BCUT2D eigenvalue weighted by Crippen LogP contribution is -2.55. The van der Waals surface area contributed by atoms with Gasteiger partial charge in [-0.1, -0.05) is 0 Å². The van der Waals surface area contributed by atoms with Crippen LogP contribution in [-0.2, 0) is 4.79 Å². The van der Waals surface area contributed by atoms with Crippen molar-refractivity contribution in [1.29, 1.82) is 0 Å². The number of carboxylic acids is 1. The van der Waals surface area contributed by atoms with E-state index < -0.39 is 17.7 Å². The minimum Gasteiger partial charge on any atom is -0.479 e. The fourth-order valence-electron chi connectivity index (χ4n) is 2.22. The van der Waals surface area contributed by atoms with Crippen LogP contribution in [0.2, 0.25) is 0 Å². The Bertz CT molecular complexity index is 221. The molecule has 2 heterocycles. The maximum absolute atomic E-state index is 13.7. The van der Waals surface area contributed by atoms with Gasteiger partial charge in [-0.2, -0.15) is 0 Å². The van der Waals surface area contributed by atoms with Gasteiger partial charge in [0, 0.05) is 6.04 Å². The van der Waals surface area contributed by atoms with Crippen molar-refractivity contribution in [1.82, 2.24) is 5.32 Å². The van der Waals surface area contributed by atoms with Crippen LogP contribution >= 0.6 is 0 Å². The summed E-state index contributed by atoms with van der Waals surface area (Å²) in [5.74, 6) is -1.31. The molecular weight excluding hydrogens is 161 g/mol. The lowest BCUT2D eigenvalue weighted by molar-refractivity contribution is -0.154. The lowest BCUT2D eigenvalue weighted by Gasteiger charge is -2.32. The molecule has 0 aliphatic carbocycles. The zero-order chi connectivity index (χ0) is 8.77. The molecule has 0 aromatic carbocycles.